The quantitative estimate of drug-likeness (QED) is 0.784. The van der Waals surface area contributed by atoms with Gasteiger partial charge < -0.3 is 5.11 Å². The maximum absolute atomic E-state index is 12.3. The average molecular weight is 296 g/mol. The first-order valence-corrected chi connectivity index (χ1v) is 6.68. The molecule has 1 aromatic carbocycles. The lowest BCUT2D eigenvalue weighted by atomic mass is 10.2. The van der Waals surface area contributed by atoms with E-state index in [-0.39, 0.29) is 3.97 Å². The zero-order valence-corrected chi connectivity index (χ0v) is 10.6. The standard InChI is InChI=1S/C11H8N2O6S/c14-9-5-6-13(11(17)12-9)20(18,19)8-4-2-1-3-7(8)10(15)16/h1-6H,(H,15,16)(H,12,14,17). The lowest BCUT2D eigenvalue weighted by Crippen LogP contribution is -2.33. The van der Waals surface area contributed by atoms with Crippen LogP contribution in [0.2, 0.25) is 0 Å². The van der Waals surface area contributed by atoms with Crippen molar-refractivity contribution in [3.05, 3.63) is 62.9 Å². The number of H-pyrrole nitrogens is 1. The summed E-state index contributed by atoms with van der Waals surface area (Å²) in [6, 6.07) is 5.71. The molecular formula is C11H8N2O6S. The third kappa shape index (κ3) is 2.26. The lowest BCUT2D eigenvalue weighted by Gasteiger charge is -2.08. The normalized spacial score (nSPS) is 11.2. The Hall–Kier alpha value is -2.68. The number of carboxylic acids is 1. The van der Waals surface area contributed by atoms with Crippen molar-refractivity contribution in [3.8, 4) is 0 Å². The van der Waals surface area contributed by atoms with Gasteiger partial charge in [-0.25, -0.2) is 18.0 Å². The molecule has 9 heteroatoms. The summed E-state index contributed by atoms with van der Waals surface area (Å²) in [7, 11) is -4.41. The largest absolute Gasteiger partial charge is 0.478 e. The molecule has 0 radical (unpaired) electrons. The average Bonchev–Trinajstić information content (AvgIpc) is 2.38. The van der Waals surface area contributed by atoms with E-state index < -0.39 is 37.7 Å². The number of aromatic nitrogens is 2. The van der Waals surface area contributed by atoms with Gasteiger partial charge in [-0.2, -0.15) is 3.97 Å². The van der Waals surface area contributed by atoms with Crippen LogP contribution < -0.4 is 11.2 Å². The monoisotopic (exact) mass is 296 g/mol. The molecule has 0 fully saturated rings. The van der Waals surface area contributed by atoms with Crippen LogP contribution >= 0.6 is 0 Å². The van der Waals surface area contributed by atoms with E-state index in [4.69, 9.17) is 5.11 Å². The van der Waals surface area contributed by atoms with E-state index in [9.17, 15) is 22.8 Å². The first-order chi connectivity index (χ1) is 9.34. The van der Waals surface area contributed by atoms with E-state index in [0.29, 0.717) is 0 Å². The number of aromatic carboxylic acids is 1. The maximum atomic E-state index is 12.3. The number of hydrogen-bond acceptors (Lipinski definition) is 5. The fourth-order valence-corrected chi connectivity index (χ4v) is 2.95. The number of carbonyl (C=O) groups is 1. The molecule has 0 saturated carbocycles. The molecule has 20 heavy (non-hydrogen) atoms. The van der Waals surface area contributed by atoms with Gasteiger partial charge in [0.15, 0.2) is 0 Å². The predicted molar refractivity (Wildman–Crippen MR) is 67.3 cm³/mol. The minimum absolute atomic E-state index is 0.274. The maximum Gasteiger partial charge on any atom is 0.342 e. The minimum Gasteiger partial charge on any atom is -0.478 e. The third-order valence-corrected chi connectivity index (χ3v) is 4.16. The lowest BCUT2D eigenvalue weighted by molar-refractivity contribution is 0.0692. The summed E-state index contributed by atoms with van der Waals surface area (Å²) in [5, 5.41) is 8.98. The summed E-state index contributed by atoms with van der Waals surface area (Å²) >= 11 is 0. The first-order valence-electron chi connectivity index (χ1n) is 5.24. The van der Waals surface area contributed by atoms with Crippen LogP contribution in [-0.4, -0.2) is 28.5 Å². The van der Waals surface area contributed by atoms with E-state index in [1.165, 1.54) is 12.1 Å². The van der Waals surface area contributed by atoms with Crippen molar-refractivity contribution in [3.63, 3.8) is 0 Å². The molecule has 1 heterocycles. The van der Waals surface area contributed by atoms with Gasteiger partial charge in [-0.05, 0) is 12.1 Å². The molecule has 104 valence electrons. The smallest absolute Gasteiger partial charge is 0.342 e. The summed E-state index contributed by atoms with van der Waals surface area (Å²) in [6.45, 7) is 0. The van der Waals surface area contributed by atoms with Crippen molar-refractivity contribution in [2.24, 2.45) is 0 Å². The molecular weight excluding hydrogens is 288 g/mol. The second-order valence-electron chi connectivity index (χ2n) is 3.71. The van der Waals surface area contributed by atoms with Crippen molar-refractivity contribution >= 4 is 16.0 Å². The van der Waals surface area contributed by atoms with Gasteiger partial charge in [0.2, 0.25) is 0 Å². The Balaban J connectivity index is 2.77. The van der Waals surface area contributed by atoms with Crippen molar-refractivity contribution in [1.82, 2.24) is 8.96 Å². The second-order valence-corrected chi connectivity index (χ2v) is 5.50. The van der Waals surface area contributed by atoms with E-state index in [1.807, 2.05) is 0 Å². The fourth-order valence-electron chi connectivity index (χ4n) is 1.57. The van der Waals surface area contributed by atoms with E-state index in [1.54, 1.807) is 4.98 Å². The van der Waals surface area contributed by atoms with Crippen LogP contribution in [-0.2, 0) is 10.0 Å². The summed E-state index contributed by atoms with van der Waals surface area (Å²) in [4.78, 5) is 34.7. The molecule has 0 aliphatic carbocycles. The zero-order valence-electron chi connectivity index (χ0n) is 9.81. The number of benzene rings is 1. The van der Waals surface area contributed by atoms with Crippen LogP contribution in [0.4, 0.5) is 0 Å². The third-order valence-electron chi connectivity index (χ3n) is 2.45. The molecule has 1 aromatic heterocycles. The molecule has 0 spiro atoms. The first kappa shape index (κ1) is 13.7. The SMILES string of the molecule is O=C(O)c1ccccc1S(=O)(=O)n1ccc(=O)[nH]c1=O. The van der Waals surface area contributed by atoms with Crippen molar-refractivity contribution in [2.75, 3.05) is 0 Å². The van der Waals surface area contributed by atoms with Crippen molar-refractivity contribution < 1.29 is 18.3 Å². The summed E-state index contributed by atoms with van der Waals surface area (Å²) in [5.74, 6) is -1.44. The van der Waals surface area contributed by atoms with Gasteiger partial charge >= 0.3 is 11.7 Å². The van der Waals surface area contributed by atoms with Gasteiger partial charge in [0.1, 0.15) is 4.90 Å². The van der Waals surface area contributed by atoms with Gasteiger partial charge in [-0.1, -0.05) is 12.1 Å². The van der Waals surface area contributed by atoms with Crippen LogP contribution in [0.5, 0.6) is 0 Å². The molecule has 0 saturated heterocycles. The molecule has 0 amide bonds. The predicted octanol–water partition coefficient (Wildman–Crippen LogP) is -0.528. The number of nitrogens with one attached hydrogen (secondary N) is 1. The van der Waals surface area contributed by atoms with Crippen LogP contribution in [0.15, 0.2) is 51.0 Å². The number of nitrogens with zero attached hydrogens (tertiary/aromatic N) is 1. The molecule has 0 aliphatic rings. The summed E-state index contributed by atoms with van der Waals surface area (Å²) in [6.07, 6.45) is 0.773. The van der Waals surface area contributed by atoms with E-state index >= 15 is 0 Å². The molecule has 2 aromatic rings. The number of aromatic amines is 1. The molecule has 0 atom stereocenters. The Bertz CT molecular complexity index is 893. The Morgan fingerprint density at radius 3 is 2.40 bits per heavy atom. The minimum atomic E-state index is -4.41. The Labute approximate surface area is 112 Å². The van der Waals surface area contributed by atoms with Gasteiger partial charge in [0.05, 0.1) is 5.56 Å². The molecule has 0 unspecified atom stereocenters. The molecule has 0 bridgehead atoms. The van der Waals surface area contributed by atoms with Gasteiger partial charge in [-0.15, -0.1) is 0 Å². The van der Waals surface area contributed by atoms with Crippen LogP contribution in [0.1, 0.15) is 10.4 Å². The van der Waals surface area contributed by atoms with Crippen LogP contribution in [0, 0.1) is 0 Å². The van der Waals surface area contributed by atoms with E-state index in [0.717, 1.165) is 24.4 Å². The van der Waals surface area contributed by atoms with Crippen molar-refractivity contribution in [2.45, 2.75) is 4.90 Å². The Kier molecular flexibility index (Phi) is 3.28. The molecule has 8 nitrogen and oxygen atoms in total. The number of rotatable bonds is 3. The second kappa shape index (κ2) is 4.78. The van der Waals surface area contributed by atoms with Crippen molar-refractivity contribution in [1.29, 1.82) is 0 Å². The topological polar surface area (TPSA) is 126 Å². The summed E-state index contributed by atoms with van der Waals surface area (Å²) < 4.78 is 24.8. The van der Waals surface area contributed by atoms with Crippen LogP contribution in [0.25, 0.3) is 0 Å². The number of carboxylic acid groups (broad SMARTS) is 1. The summed E-state index contributed by atoms with van der Waals surface area (Å²) in [5.41, 5.74) is -2.39. The van der Waals surface area contributed by atoms with Gasteiger partial charge in [-0.3, -0.25) is 9.78 Å². The van der Waals surface area contributed by atoms with Gasteiger partial charge in [0, 0.05) is 12.3 Å². The molecule has 2 N–H and O–H groups in total. The van der Waals surface area contributed by atoms with Crippen LogP contribution in [0.3, 0.4) is 0 Å². The highest BCUT2D eigenvalue weighted by atomic mass is 32.2. The Morgan fingerprint density at radius 1 is 1.15 bits per heavy atom. The Morgan fingerprint density at radius 2 is 1.80 bits per heavy atom. The highest BCUT2D eigenvalue weighted by Crippen LogP contribution is 2.17. The number of hydrogen-bond donors (Lipinski definition) is 2. The van der Waals surface area contributed by atoms with Gasteiger partial charge in [0.25, 0.3) is 15.6 Å². The van der Waals surface area contributed by atoms with E-state index in [2.05, 4.69) is 0 Å². The zero-order chi connectivity index (χ0) is 14.9. The fraction of sp³-hybridized carbons (Fsp3) is 0. The molecule has 2 rings (SSSR count). The molecule has 0 aliphatic heterocycles. The highest BCUT2D eigenvalue weighted by Gasteiger charge is 2.24. The highest BCUT2D eigenvalue weighted by molar-refractivity contribution is 7.90.